The van der Waals surface area contributed by atoms with Crippen LogP contribution in [0.1, 0.15) is 30.1 Å². The Morgan fingerprint density at radius 2 is 2.08 bits per heavy atom. The molecular formula is C18H19ClN2O3. The predicted octanol–water partition coefficient (Wildman–Crippen LogP) is 3.78. The summed E-state index contributed by atoms with van der Waals surface area (Å²) < 4.78 is 6.10. The molecule has 3 atom stereocenters. The highest BCUT2D eigenvalue weighted by Crippen LogP contribution is 2.36. The van der Waals surface area contributed by atoms with E-state index in [0.29, 0.717) is 12.2 Å². The average Bonchev–Trinajstić information content (AvgIpc) is 2.90. The van der Waals surface area contributed by atoms with Crippen molar-refractivity contribution in [3.8, 4) is 5.75 Å². The Balaban J connectivity index is 1.90. The Kier molecular flexibility index (Phi) is 4.90. The van der Waals surface area contributed by atoms with Gasteiger partial charge in [0.2, 0.25) is 0 Å². The summed E-state index contributed by atoms with van der Waals surface area (Å²) >= 11 is 6.54. The normalized spacial score (nSPS) is 23.2. The van der Waals surface area contributed by atoms with Gasteiger partial charge in [0.05, 0.1) is 6.04 Å². The van der Waals surface area contributed by atoms with Crippen LogP contribution in [0.3, 0.4) is 0 Å². The van der Waals surface area contributed by atoms with Gasteiger partial charge in [-0.3, -0.25) is 0 Å². The highest BCUT2D eigenvalue weighted by atomic mass is 35.5. The second kappa shape index (κ2) is 7.09. The highest BCUT2D eigenvalue weighted by molar-refractivity contribution is 6.22. The van der Waals surface area contributed by atoms with Gasteiger partial charge in [-0.1, -0.05) is 36.7 Å². The SMILES string of the molecule is CCC1C(Oc2ccccc2)CC(Cl)N1c1ncccc1C(=O)O. The van der Waals surface area contributed by atoms with E-state index < -0.39 is 5.97 Å². The number of benzene rings is 1. The first-order valence-electron chi connectivity index (χ1n) is 7.94. The molecule has 1 aliphatic rings. The van der Waals surface area contributed by atoms with E-state index in [0.717, 1.165) is 12.2 Å². The zero-order valence-corrected chi connectivity index (χ0v) is 14.1. The number of hydrogen-bond acceptors (Lipinski definition) is 4. The molecule has 6 heteroatoms. The van der Waals surface area contributed by atoms with E-state index in [2.05, 4.69) is 4.98 Å². The minimum absolute atomic E-state index is 0.0410. The summed E-state index contributed by atoms with van der Waals surface area (Å²) in [6.07, 6.45) is 2.84. The van der Waals surface area contributed by atoms with E-state index in [9.17, 15) is 9.90 Å². The minimum atomic E-state index is -1.01. The van der Waals surface area contributed by atoms with E-state index in [1.807, 2.05) is 42.2 Å². The molecule has 1 N–H and O–H groups in total. The van der Waals surface area contributed by atoms with Crippen molar-refractivity contribution in [2.45, 2.75) is 37.4 Å². The van der Waals surface area contributed by atoms with Gasteiger partial charge < -0.3 is 14.7 Å². The number of pyridine rings is 1. The molecule has 126 valence electrons. The first-order chi connectivity index (χ1) is 11.6. The average molecular weight is 347 g/mol. The second-order valence-corrected chi connectivity index (χ2v) is 6.21. The smallest absolute Gasteiger partial charge is 0.339 e. The van der Waals surface area contributed by atoms with Crippen LogP contribution in [0.5, 0.6) is 5.75 Å². The lowest BCUT2D eigenvalue weighted by molar-refractivity contribution is 0.0697. The lowest BCUT2D eigenvalue weighted by atomic mass is 10.1. The van der Waals surface area contributed by atoms with Crippen LogP contribution < -0.4 is 9.64 Å². The summed E-state index contributed by atoms with van der Waals surface area (Å²) in [5, 5.41) is 9.43. The standard InChI is InChI=1S/C18H19ClN2O3/c1-2-14-15(24-12-7-4-3-5-8-12)11-16(19)21(14)17-13(18(22)23)9-6-10-20-17/h3-10,14-16H,2,11H2,1H3,(H,22,23). The van der Waals surface area contributed by atoms with Crippen molar-refractivity contribution < 1.29 is 14.6 Å². The molecule has 1 fully saturated rings. The third-order valence-electron chi connectivity index (χ3n) is 4.23. The third kappa shape index (κ3) is 3.17. The highest BCUT2D eigenvalue weighted by Gasteiger charge is 2.42. The first-order valence-corrected chi connectivity index (χ1v) is 8.38. The van der Waals surface area contributed by atoms with Gasteiger partial charge in [0.15, 0.2) is 0 Å². The Morgan fingerprint density at radius 3 is 2.75 bits per heavy atom. The molecule has 1 aromatic carbocycles. The van der Waals surface area contributed by atoms with Gasteiger partial charge in [-0.2, -0.15) is 0 Å². The van der Waals surface area contributed by atoms with Crippen LogP contribution in [0.25, 0.3) is 0 Å². The summed E-state index contributed by atoms with van der Waals surface area (Å²) in [4.78, 5) is 17.7. The predicted molar refractivity (Wildman–Crippen MR) is 92.9 cm³/mol. The van der Waals surface area contributed by atoms with Gasteiger partial charge in [0.25, 0.3) is 0 Å². The number of halogens is 1. The number of aromatic carboxylic acids is 1. The number of hydrogen-bond donors (Lipinski definition) is 1. The number of rotatable bonds is 5. The molecular weight excluding hydrogens is 328 g/mol. The Morgan fingerprint density at radius 1 is 1.33 bits per heavy atom. The number of anilines is 1. The van der Waals surface area contributed by atoms with Crippen molar-refractivity contribution in [2.75, 3.05) is 4.90 Å². The lowest BCUT2D eigenvalue weighted by Crippen LogP contribution is -2.40. The molecule has 2 heterocycles. The van der Waals surface area contributed by atoms with E-state index in [4.69, 9.17) is 16.3 Å². The van der Waals surface area contributed by atoms with E-state index in [1.165, 1.54) is 0 Å². The van der Waals surface area contributed by atoms with Gasteiger partial charge in [-0.15, -0.1) is 0 Å². The zero-order chi connectivity index (χ0) is 17.1. The molecule has 0 amide bonds. The molecule has 5 nitrogen and oxygen atoms in total. The fraction of sp³-hybridized carbons (Fsp3) is 0.333. The third-order valence-corrected chi connectivity index (χ3v) is 4.61. The molecule has 0 saturated carbocycles. The molecule has 0 aliphatic carbocycles. The van der Waals surface area contributed by atoms with Gasteiger partial charge in [0, 0.05) is 12.6 Å². The number of alkyl halides is 1. The summed E-state index contributed by atoms with van der Waals surface area (Å²) in [6, 6.07) is 12.7. The number of aromatic nitrogens is 1. The van der Waals surface area contributed by atoms with Gasteiger partial charge in [0.1, 0.15) is 28.7 Å². The number of ether oxygens (including phenoxy) is 1. The topological polar surface area (TPSA) is 62.7 Å². The Bertz CT molecular complexity index is 710. The van der Waals surface area contributed by atoms with E-state index >= 15 is 0 Å². The lowest BCUT2D eigenvalue weighted by Gasteiger charge is -2.30. The van der Waals surface area contributed by atoms with E-state index in [-0.39, 0.29) is 23.2 Å². The van der Waals surface area contributed by atoms with Gasteiger partial charge >= 0.3 is 5.97 Å². The molecule has 1 aromatic heterocycles. The van der Waals surface area contributed by atoms with Gasteiger partial charge in [-0.25, -0.2) is 9.78 Å². The molecule has 3 rings (SSSR count). The van der Waals surface area contributed by atoms with E-state index in [1.54, 1.807) is 18.3 Å². The first kappa shape index (κ1) is 16.6. The van der Waals surface area contributed by atoms with Crippen LogP contribution in [-0.2, 0) is 0 Å². The molecule has 1 aliphatic heterocycles. The molecule has 3 unspecified atom stereocenters. The monoisotopic (exact) mass is 346 g/mol. The summed E-state index contributed by atoms with van der Waals surface area (Å²) in [5.41, 5.74) is -0.210. The Hall–Kier alpha value is -2.27. The van der Waals surface area contributed by atoms with Crippen molar-refractivity contribution >= 4 is 23.4 Å². The maximum atomic E-state index is 11.5. The van der Waals surface area contributed by atoms with Crippen LogP contribution in [-0.4, -0.2) is 33.7 Å². The number of carbonyl (C=O) groups is 1. The summed E-state index contributed by atoms with van der Waals surface area (Å²) in [5.74, 6) is 0.173. The molecule has 1 saturated heterocycles. The van der Waals surface area contributed by atoms with Crippen molar-refractivity contribution in [2.24, 2.45) is 0 Å². The molecule has 0 bridgehead atoms. The molecule has 0 radical (unpaired) electrons. The van der Waals surface area contributed by atoms with Gasteiger partial charge in [-0.05, 0) is 30.7 Å². The fourth-order valence-electron chi connectivity index (χ4n) is 3.17. The van der Waals surface area contributed by atoms with Crippen LogP contribution in [0, 0.1) is 0 Å². The van der Waals surface area contributed by atoms with Crippen LogP contribution in [0.15, 0.2) is 48.7 Å². The zero-order valence-electron chi connectivity index (χ0n) is 13.3. The maximum Gasteiger partial charge on any atom is 0.339 e. The van der Waals surface area contributed by atoms with Crippen molar-refractivity contribution in [1.29, 1.82) is 0 Å². The minimum Gasteiger partial charge on any atom is -0.488 e. The Labute approximate surface area is 145 Å². The molecule has 0 spiro atoms. The van der Waals surface area contributed by atoms with Crippen LogP contribution >= 0.6 is 11.6 Å². The maximum absolute atomic E-state index is 11.5. The summed E-state index contributed by atoms with van der Waals surface area (Å²) in [7, 11) is 0. The summed E-state index contributed by atoms with van der Waals surface area (Å²) in [6.45, 7) is 2.04. The number of carboxylic acid groups (broad SMARTS) is 1. The number of nitrogens with zero attached hydrogens (tertiary/aromatic N) is 2. The number of carboxylic acids is 1. The van der Waals surface area contributed by atoms with Crippen molar-refractivity contribution in [3.05, 3.63) is 54.2 Å². The van der Waals surface area contributed by atoms with Crippen molar-refractivity contribution in [1.82, 2.24) is 4.98 Å². The van der Waals surface area contributed by atoms with Crippen molar-refractivity contribution in [3.63, 3.8) is 0 Å². The second-order valence-electron chi connectivity index (χ2n) is 5.70. The largest absolute Gasteiger partial charge is 0.488 e. The quantitative estimate of drug-likeness (QED) is 0.659. The molecule has 2 aromatic rings. The van der Waals surface area contributed by atoms with Crippen LogP contribution in [0.4, 0.5) is 5.82 Å². The number of para-hydroxylation sites is 1. The van der Waals surface area contributed by atoms with Crippen LogP contribution in [0.2, 0.25) is 0 Å². The molecule has 24 heavy (non-hydrogen) atoms. The fourth-order valence-corrected chi connectivity index (χ4v) is 3.58.